The van der Waals surface area contributed by atoms with Gasteiger partial charge in [-0.3, -0.25) is 5.01 Å². The molecule has 2 aromatic carbocycles. The van der Waals surface area contributed by atoms with E-state index in [1.165, 1.54) is 40.6 Å². The predicted molar refractivity (Wildman–Crippen MR) is 106 cm³/mol. The van der Waals surface area contributed by atoms with Crippen molar-refractivity contribution in [2.75, 3.05) is 11.6 Å². The van der Waals surface area contributed by atoms with E-state index in [0.29, 0.717) is 12.1 Å². The topological polar surface area (TPSA) is 22.3 Å². The van der Waals surface area contributed by atoms with Crippen LogP contribution in [0.2, 0.25) is 0 Å². The van der Waals surface area contributed by atoms with E-state index in [9.17, 15) is 0 Å². The Morgan fingerprint density at radius 3 is 2.68 bits per heavy atom. The highest BCUT2D eigenvalue weighted by Crippen LogP contribution is 2.44. The minimum absolute atomic E-state index is 0. The van der Waals surface area contributed by atoms with Gasteiger partial charge in [0.15, 0.2) is 0 Å². The average molecular weight is 354 g/mol. The number of benzene rings is 2. The molecule has 4 heteroatoms. The summed E-state index contributed by atoms with van der Waals surface area (Å²) in [7, 11) is 0. The quantitative estimate of drug-likeness (QED) is 0.693. The largest absolute Gasteiger partial charge is 0.361 e. The molecule has 2 aliphatic heterocycles. The molecule has 0 bridgehead atoms. The van der Waals surface area contributed by atoms with Gasteiger partial charge in [0.2, 0.25) is 0 Å². The number of anilines is 1. The van der Waals surface area contributed by atoms with Crippen molar-refractivity contribution in [2.45, 2.75) is 38.3 Å². The molecule has 0 amide bonds. The normalized spacial score (nSPS) is 23.0. The maximum Gasteiger partial charge on any atom is 0.0768 e. The number of halogens is 1. The number of nitrogens with one attached hydrogen (secondary N) is 1. The third-order valence-electron chi connectivity index (χ3n) is 5.72. The molecule has 0 saturated carbocycles. The molecule has 3 nitrogen and oxygen atoms in total. The first-order valence-corrected chi connectivity index (χ1v) is 9.02. The van der Waals surface area contributed by atoms with E-state index < -0.39 is 0 Å². The lowest BCUT2D eigenvalue weighted by molar-refractivity contribution is 0.224. The van der Waals surface area contributed by atoms with Crippen LogP contribution in [0.3, 0.4) is 0 Å². The zero-order valence-electron chi connectivity index (χ0n) is 14.5. The van der Waals surface area contributed by atoms with Crippen LogP contribution in [0.15, 0.2) is 54.7 Å². The van der Waals surface area contributed by atoms with Crippen LogP contribution in [0, 0.1) is 0 Å². The van der Waals surface area contributed by atoms with Gasteiger partial charge in [0, 0.05) is 41.7 Å². The van der Waals surface area contributed by atoms with Crippen molar-refractivity contribution in [1.82, 2.24) is 9.99 Å². The number of aromatic amines is 1. The van der Waals surface area contributed by atoms with Crippen LogP contribution >= 0.6 is 12.4 Å². The molecule has 1 N–H and O–H groups in total. The molecular weight excluding hydrogens is 330 g/mol. The fraction of sp³-hybridized carbons (Fsp3) is 0.333. The second kappa shape index (κ2) is 6.40. The van der Waals surface area contributed by atoms with Crippen LogP contribution in [0.4, 0.5) is 5.69 Å². The number of H-pyrrole nitrogens is 1. The molecule has 2 unspecified atom stereocenters. The molecule has 2 atom stereocenters. The van der Waals surface area contributed by atoms with Gasteiger partial charge in [-0.1, -0.05) is 36.4 Å². The van der Waals surface area contributed by atoms with Crippen molar-refractivity contribution in [1.29, 1.82) is 0 Å². The standard InChI is InChI=1S/C21H23N3.ClH/c1-15-7-6-12-23(15)24-20-11-5-2-8-16(20)13-21(24)18-14-22-19-10-4-3-9-17(18)19;/h2-5,8-11,14-15,21-22H,6-7,12-13H2,1H3;1H. The maximum absolute atomic E-state index is 3.47. The van der Waals surface area contributed by atoms with Gasteiger partial charge in [-0.05, 0) is 37.5 Å². The Kier molecular flexibility index (Phi) is 4.22. The fourth-order valence-corrected chi connectivity index (χ4v) is 4.54. The molecule has 25 heavy (non-hydrogen) atoms. The maximum atomic E-state index is 3.47. The van der Waals surface area contributed by atoms with Crippen LogP contribution in [-0.4, -0.2) is 22.6 Å². The summed E-state index contributed by atoms with van der Waals surface area (Å²) < 4.78 is 0. The van der Waals surface area contributed by atoms with Gasteiger partial charge < -0.3 is 4.98 Å². The summed E-state index contributed by atoms with van der Waals surface area (Å²) in [6.07, 6.45) is 5.88. The number of rotatable bonds is 2. The van der Waals surface area contributed by atoms with E-state index >= 15 is 0 Å². The molecule has 0 aliphatic carbocycles. The highest BCUT2D eigenvalue weighted by molar-refractivity contribution is 5.85. The number of para-hydroxylation sites is 2. The third kappa shape index (κ3) is 2.54. The SMILES string of the molecule is CC1CCCN1N1c2ccccc2CC1c1c[nH]c2ccccc12.Cl. The minimum atomic E-state index is 0. The van der Waals surface area contributed by atoms with Crippen LogP contribution in [-0.2, 0) is 6.42 Å². The van der Waals surface area contributed by atoms with Gasteiger partial charge in [-0.15, -0.1) is 12.4 Å². The highest BCUT2D eigenvalue weighted by Gasteiger charge is 2.38. The van der Waals surface area contributed by atoms with E-state index in [2.05, 4.69) is 76.7 Å². The van der Waals surface area contributed by atoms with Crippen molar-refractivity contribution in [3.05, 3.63) is 65.9 Å². The molecule has 0 radical (unpaired) electrons. The molecular formula is C21H24ClN3. The molecule has 5 rings (SSSR count). The summed E-state index contributed by atoms with van der Waals surface area (Å²) >= 11 is 0. The monoisotopic (exact) mass is 353 g/mol. The number of hydrogen-bond donors (Lipinski definition) is 1. The van der Waals surface area contributed by atoms with Crippen molar-refractivity contribution in [3.63, 3.8) is 0 Å². The number of hydrazine groups is 1. The van der Waals surface area contributed by atoms with Crippen molar-refractivity contribution in [2.24, 2.45) is 0 Å². The van der Waals surface area contributed by atoms with Gasteiger partial charge in [0.25, 0.3) is 0 Å². The summed E-state index contributed by atoms with van der Waals surface area (Å²) in [4.78, 5) is 3.47. The first-order valence-electron chi connectivity index (χ1n) is 9.02. The van der Waals surface area contributed by atoms with Crippen LogP contribution < -0.4 is 5.01 Å². The summed E-state index contributed by atoms with van der Waals surface area (Å²) in [6, 6.07) is 18.6. The summed E-state index contributed by atoms with van der Waals surface area (Å²) in [5, 5.41) is 6.54. The smallest absolute Gasteiger partial charge is 0.0768 e. The Labute approximate surface area is 155 Å². The van der Waals surface area contributed by atoms with Gasteiger partial charge in [-0.2, -0.15) is 0 Å². The molecule has 130 valence electrons. The van der Waals surface area contributed by atoms with Crippen molar-refractivity contribution < 1.29 is 0 Å². The van der Waals surface area contributed by atoms with Gasteiger partial charge in [0.1, 0.15) is 0 Å². The second-order valence-corrected chi connectivity index (χ2v) is 7.14. The van der Waals surface area contributed by atoms with E-state index in [1.807, 2.05) is 0 Å². The number of fused-ring (bicyclic) bond motifs is 2. The van der Waals surface area contributed by atoms with E-state index in [0.717, 1.165) is 13.0 Å². The Balaban J connectivity index is 0.00000157. The summed E-state index contributed by atoms with van der Waals surface area (Å²) in [5.74, 6) is 0. The Morgan fingerprint density at radius 1 is 1.04 bits per heavy atom. The van der Waals surface area contributed by atoms with Gasteiger partial charge >= 0.3 is 0 Å². The summed E-state index contributed by atoms with van der Waals surface area (Å²) in [5.41, 5.74) is 5.51. The zero-order chi connectivity index (χ0) is 16.1. The van der Waals surface area contributed by atoms with Gasteiger partial charge in [0.05, 0.1) is 11.7 Å². The summed E-state index contributed by atoms with van der Waals surface area (Å²) in [6.45, 7) is 3.52. The Bertz CT molecular complexity index is 887. The number of aromatic nitrogens is 1. The lowest BCUT2D eigenvalue weighted by Crippen LogP contribution is -2.45. The van der Waals surface area contributed by atoms with Crippen LogP contribution in [0.25, 0.3) is 10.9 Å². The second-order valence-electron chi connectivity index (χ2n) is 7.14. The third-order valence-corrected chi connectivity index (χ3v) is 5.72. The minimum Gasteiger partial charge on any atom is -0.361 e. The Hall–Kier alpha value is -1.97. The van der Waals surface area contributed by atoms with E-state index in [-0.39, 0.29) is 12.4 Å². The first-order chi connectivity index (χ1) is 11.8. The number of hydrogen-bond acceptors (Lipinski definition) is 2. The highest BCUT2D eigenvalue weighted by atomic mass is 35.5. The van der Waals surface area contributed by atoms with Crippen molar-refractivity contribution in [3.8, 4) is 0 Å². The molecule has 1 saturated heterocycles. The zero-order valence-corrected chi connectivity index (χ0v) is 15.3. The molecule has 1 fully saturated rings. The number of nitrogens with zero attached hydrogens (tertiary/aromatic N) is 2. The lowest BCUT2D eigenvalue weighted by Gasteiger charge is -2.38. The first kappa shape index (κ1) is 16.5. The van der Waals surface area contributed by atoms with E-state index in [1.54, 1.807) is 0 Å². The van der Waals surface area contributed by atoms with Crippen LogP contribution in [0.5, 0.6) is 0 Å². The molecule has 2 aliphatic rings. The van der Waals surface area contributed by atoms with Crippen LogP contribution in [0.1, 0.15) is 36.9 Å². The fourth-order valence-electron chi connectivity index (χ4n) is 4.54. The van der Waals surface area contributed by atoms with Crippen molar-refractivity contribution >= 4 is 29.0 Å². The lowest BCUT2D eigenvalue weighted by atomic mass is 10.0. The molecule has 3 heterocycles. The van der Waals surface area contributed by atoms with E-state index in [4.69, 9.17) is 0 Å². The van der Waals surface area contributed by atoms with Gasteiger partial charge in [-0.25, -0.2) is 5.01 Å². The molecule has 1 aromatic heterocycles. The molecule has 0 spiro atoms. The molecule has 3 aromatic rings. The average Bonchev–Trinajstić information content (AvgIpc) is 3.30. The predicted octanol–water partition coefficient (Wildman–Crippen LogP) is 5.09. The Morgan fingerprint density at radius 2 is 1.84 bits per heavy atom.